The third kappa shape index (κ3) is 36.1. The van der Waals surface area contributed by atoms with Crippen molar-refractivity contribution in [3.8, 4) is 74.7 Å². The van der Waals surface area contributed by atoms with E-state index < -0.39 is 0 Å². The third-order valence-electron chi connectivity index (χ3n) is 21.2. The Morgan fingerprint density at radius 2 is 0.525 bits per heavy atom. The van der Waals surface area contributed by atoms with E-state index in [1.54, 1.807) is 96.1 Å². The van der Waals surface area contributed by atoms with Gasteiger partial charge in [0, 0.05) is 72.1 Å². The molecular weight excluding hydrogens is 1910 g/mol. The first-order valence-electron chi connectivity index (χ1n) is 45.8. The van der Waals surface area contributed by atoms with E-state index in [4.69, 9.17) is 131 Å². The van der Waals surface area contributed by atoms with Crippen molar-refractivity contribution in [3.63, 3.8) is 0 Å². The van der Waals surface area contributed by atoms with E-state index in [2.05, 4.69) is 25.6 Å². The predicted octanol–water partition coefficient (Wildman–Crippen LogP) is 29.3. The molecule has 0 saturated heterocycles. The van der Waals surface area contributed by atoms with Crippen LogP contribution in [0.4, 0.5) is 0 Å². The van der Waals surface area contributed by atoms with Gasteiger partial charge in [0.1, 0.15) is 114 Å². The number of aryl methyl sites for hydroxylation is 8. The van der Waals surface area contributed by atoms with Crippen molar-refractivity contribution in [2.24, 2.45) is 0 Å². The fourth-order valence-electron chi connectivity index (χ4n) is 13.3. The second kappa shape index (κ2) is 58.2. The van der Waals surface area contributed by atoms with Gasteiger partial charge in [0.2, 0.25) is 0 Å². The van der Waals surface area contributed by atoms with Gasteiger partial charge in [-0.15, -0.1) is 0 Å². The van der Waals surface area contributed by atoms with E-state index in [1.807, 2.05) is 213 Å². The number of hydrogen-bond acceptors (Lipinski definition) is 21. The second-order valence-corrected chi connectivity index (χ2v) is 34.7. The predicted molar refractivity (Wildman–Crippen MR) is 553 cm³/mol. The molecule has 0 amide bonds. The number of benzene rings is 12. The average Bonchev–Trinajstić information content (AvgIpc) is 1.68. The fraction of sp³-hybridized carbons (Fsp3) is 0.304. The highest BCUT2D eigenvalue weighted by Gasteiger charge is 2.29. The monoisotopic (exact) mass is 2030 g/mol. The lowest BCUT2D eigenvalue weighted by Crippen LogP contribution is -2.10. The number of aliphatic hydroxyl groups excluding tert-OH is 1. The van der Waals surface area contributed by atoms with Gasteiger partial charge in [-0.3, -0.25) is 28.8 Å². The molecule has 0 heterocycles. The summed E-state index contributed by atoms with van der Waals surface area (Å²) in [5.41, 5.74) is 16.1. The molecule has 0 bridgehead atoms. The van der Waals surface area contributed by atoms with Crippen LogP contribution in [0.5, 0.6) is 74.7 Å². The molecule has 736 valence electrons. The van der Waals surface area contributed by atoms with E-state index in [0.29, 0.717) is 192 Å². The van der Waals surface area contributed by atoms with Crippen LogP contribution in [0.25, 0.3) is 0 Å². The number of rotatable bonds is 36. The molecule has 0 spiro atoms. The molecule has 1 aliphatic rings. The van der Waals surface area contributed by atoms with E-state index in [0.717, 1.165) is 78.7 Å². The molecule has 27 heteroatoms. The van der Waals surface area contributed by atoms with Crippen LogP contribution in [-0.4, -0.2) is 47.5 Å². The summed E-state index contributed by atoms with van der Waals surface area (Å²) in [6.45, 7) is 30.1. The number of thiol groups is 1. The van der Waals surface area contributed by atoms with Gasteiger partial charge in [-0.2, -0.15) is 12.6 Å². The highest BCUT2D eigenvalue weighted by Crippen LogP contribution is 2.45. The van der Waals surface area contributed by atoms with E-state index in [1.165, 1.54) is 18.4 Å². The summed E-state index contributed by atoms with van der Waals surface area (Å²) >= 11 is 41.5. The molecule has 12 aromatic rings. The van der Waals surface area contributed by atoms with Crippen molar-refractivity contribution in [1.29, 1.82) is 0 Å². The smallest absolute Gasteiger partial charge is 0.310 e. The second-order valence-electron chi connectivity index (χ2n) is 32.0. The molecule has 20 nitrogen and oxygen atoms in total. The van der Waals surface area contributed by atoms with Crippen LogP contribution in [0.1, 0.15) is 207 Å². The van der Waals surface area contributed by atoms with Crippen LogP contribution in [0.15, 0.2) is 218 Å². The molecule has 0 atom stereocenters. The number of ether oxygens (including phenoxy) is 13. The zero-order valence-electron chi connectivity index (χ0n) is 81.0. The van der Waals surface area contributed by atoms with Crippen LogP contribution in [0, 0.1) is 48.5 Å². The van der Waals surface area contributed by atoms with Crippen molar-refractivity contribution in [1.82, 2.24) is 0 Å². The van der Waals surface area contributed by atoms with Crippen molar-refractivity contribution < 1.29 is 95.5 Å². The highest BCUT2D eigenvalue weighted by molar-refractivity contribution is 7.79. The summed E-state index contributed by atoms with van der Waals surface area (Å²) in [7, 11) is 0. The zero-order valence-corrected chi connectivity index (χ0v) is 86.4. The van der Waals surface area contributed by atoms with Gasteiger partial charge in [0.25, 0.3) is 0 Å². The highest BCUT2D eigenvalue weighted by atomic mass is 35.5. The third-order valence-corrected chi connectivity index (χ3v) is 23.3. The van der Waals surface area contributed by atoms with Crippen molar-refractivity contribution in [2.75, 3.05) is 6.61 Å². The topological polar surface area (TPSA) is 243 Å². The Labute approximate surface area is 851 Å². The first kappa shape index (κ1) is 112. The molecule has 0 aliphatic heterocycles. The van der Waals surface area contributed by atoms with Gasteiger partial charge in [0.15, 0.2) is 0 Å². The number of carbonyl (C=O) groups is 6. The molecule has 1 fully saturated rings. The number of carbonyl (C=O) groups excluding carboxylic acids is 6. The van der Waals surface area contributed by atoms with Crippen molar-refractivity contribution >= 4 is 118 Å². The summed E-state index contributed by atoms with van der Waals surface area (Å²) < 4.78 is 73.0. The van der Waals surface area contributed by atoms with E-state index in [9.17, 15) is 33.9 Å². The minimum atomic E-state index is -0.338. The lowest BCUT2D eigenvalue weighted by atomic mass is 10.0. The Morgan fingerprint density at radius 3 is 0.820 bits per heavy atom. The average molecular weight is 2030 g/mol. The van der Waals surface area contributed by atoms with Gasteiger partial charge in [-0.25, -0.2) is 0 Å². The van der Waals surface area contributed by atoms with Gasteiger partial charge in [-0.1, -0.05) is 221 Å². The van der Waals surface area contributed by atoms with Crippen LogP contribution >= 0.6 is 82.2 Å². The summed E-state index contributed by atoms with van der Waals surface area (Å²) in [5, 5.41) is 12.8. The van der Waals surface area contributed by atoms with Crippen LogP contribution in [0.2, 0.25) is 30.1 Å². The molecule has 1 N–H and O–H groups in total. The summed E-state index contributed by atoms with van der Waals surface area (Å²) in [5.74, 6) is 6.61. The fourth-order valence-corrected chi connectivity index (χ4v) is 15.3. The van der Waals surface area contributed by atoms with Gasteiger partial charge >= 0.3 is 35.8 Å². The Kier molecular flexibility index (Phi) is 47.1. The Bertz CT molecular complexity index is 5850. The number of esters is 6. The molecule has 1 aliphatic carbocycles. The van der Waals surface area contributed by atoms with Gasteiger partial charge in [0.05, 0.1) is 48.9 Å². The molecule has 1 saturated carbocycles. The zero-order chi connectivity index (χ0) is 101. The van der Waals surface area contributed by atoms with Crippen molar-refractivity contribution in [2.45, 2.75) is 220 Å². The van der Waals surface area contributed by atoms with Crippen LogP contribution in [0.3, 0.4) is 0 Å². The molecule has 0 radical (unpaired) electrons. The SMILES string of the molecule is CCC(=O)Oc1cccc(C)c1COc1ccc(C)cc1Cl.CCC(=O)Oc1cccc(C2CC2)c1COc1ccc(C)cc1Cl.CCC(=O)Oc1cccc(CC)c1COc1ccc(C)cc1Cl.CCC(=O)Oc1cccc(CO)c1COc1ccc(C)cc1Cl.CCC(=O)Oc1cccc(CS)c1COc1ccc(C)cc1Cl.CCOc1cccc(OC(=O)CC)c1COc1ccc(C)cc1Cl. The lowest BCUT2D eigenvalue weighted by molar-refractivity contribution is -0.135. The van der Waals surface area contributed by atoms with E-state index >= 15 is 0 Å². The minimum absolute atomic E-state index is 0.145. The summed E-state index contributed by atoms with van der Waals surface area (Å²) in [6.07, 6.45) is 5.06. The molecule has 12 aromatic carbocycles. The van der Waals surface area contributed by atoms with E-state index in [-0.39, 0.29) is 68.7 Å². The van der Waals surface area contributed by atoms with Gasteiger partial charge in [-0.05, 0) is 257 Å². The van der Waals surface area contributed by atoms with Crippen LogP contribution < -0.4 is 61.6 Å². The first-order chi connectivity index (χ1) is 66.8. The maximum Gasteiger partial charge on any atom is 0.310 e. The minimum Gasteiger partial charge on any atom is -0.493 e. The molecular formula is C112H120Cl6O20S. The molecule has 139 heavy (non-hydrogen) atoms. The standard InChI is InChI=1S/C20H21ClO3.C19H21ClO4.C19H21ClO3.C18H19ClO4.C18H19ClO3S.C18H19ClO3/c1-3-20(22)24-18-6-4-5-15(14-8-9-14)16(18)12-23-19-10-7-13(2)11-17(19)21;1-4-19(21)24-17-8-6-7-16(22-5-2)14(17)12-23-18-10-9-13(3)11-15(18)20;1-4-14-7-6-8-17(23-19(21)5-2)15(14)12-22-18-10-9-13(3)11-16(18)20;1-3-18(21)23-16-6-4-5-13(10-20)14(16)11-22-17-8-7-12(2)9-15(17)19;1-3-18(20)22-16-6-4-5-13(11-23)14(16)10-21-17-8-7-12(2)9-15(17)19;1-4-18(20)22-16-7-5-6-13(3)14(16)11-21-17-9-8-12(2)10-15(17)19/h4-7,10-11,14H,3,8-9,12H2,1-2H3;6-11H,4-5,12H2,1-3H3;6-11H,4-5,12H2,1-3H3;4-9,20H,3,10-11H2,1-2H3;4-9,23H,3,10-11H2,1-2H3;5-10H,4,11H2,1-3H3. The Balaban J connectivity index is 0.000000205. The Hall–Kier alpha value is -11.9. The molecule has 0 unspecified atom stereocenters. The van der Waals surface area contributed by atoms with Crippen LogP contribution in [-0.2, 0) is 87.2 Å². The van der Waals surface area contributed by atoms with Gasteiger partial charge < -0.3 is 66.7 Å². The Morgan fingerprint density at radius 1 is 0.281 bits per heavy atom. The summed E-state index contributed by atoms with van der Waals surface area (Å²) in [6, 6.07) is 66.9. The largest absolute Gasteiger partial charge is 0.493 e. The normalized spacial score (nSPS) is 11.0. The first-order valence-corrected chi connectivity index (χ1v) is 48.7. The maximum absolute atomic E-state index is 11.7. The maximum atomic E-state index is 11.7. The number of hydrogen-bond donors (Lipinski definition) is 2. The lowest BCUT2D eigenvalue weighted by Gasteiger charge is -2.16. The molecule has 0 aromatic heterocycles. The summed E-state index contributed by atoms with van der Waals surface area (Å²) in [4.78, 5) is 69.6. The van der Waals surface area contributed by atoms with Crippen molar-refractivity contribution in [3.05, 3.63) is 343 Å². The number of halogens is 6. The quantitative estimate of drug-likeness (QED) is 0.0211. The molecule has 13 rings (SSSR count). The number of aliphatic hydroxyl groups is 1.